The van der Waals surface area contributed by atoms with Gasteiger partial charge in [-0.15, -0.1) is 0 Å². The zero-order valence-electron chi connectivity index (χ0n) is 6.91. The minimum atomic E-state index is -2.82. The Morgan fingerprint density at radius 3 is 2.55 bits per heavy atom. The molecular formula is C7H14O3S. The molecule has 11 heavy (non-hydrogen) atoms. The maximum atomic E-state index is 11.2. The highest BCUT2D eigenvalue weighted by Crippen LogP contribution is 2.14. The Labute approximate surface area is 67.7 Å². The normalized spacial score (nSPS) is 36.9. The molecule has 0 amide bonds. The standard InChI is InChI=1S/C7H14O3S/c1-3-7-5-11(8,9)4-6(2)10-7/h6-7H,3-5H2,1-2H3. The van der Waals surface area contributed by atoms with Crippen molar-refractivity contribution in [3.63, 3.8) is 0 Å². The zero-order chi connectivity index (χ0) is 8.48. The van der Waals surface area contributed by atoms with E-state index in [1.54, 1.807) is 6.92 Å². The van der Waals surface area contributed by atoms with Crippen LogP contribution in [0.25, 0.3) is 0 Å². The quantitative estimate of drug-likeness (QED) is 0.590. The molecule has 0 aliphatic carbocycles. The summed E-state index contributed by atoms with van der Waals surface area (Å²) in [7, 11) is -2.82. The molecule has 1 aliphatic heterocycles. The Hall–Kier alpha value is -0.0900. The lowest BCUT2D eigenvalue weighted by Crippen LogP contribution is -2.39. The summed E-state index contributed by atoms with van der Waals surface area (Å²) in [6, 6.07) is 0. The summed E-state index contributed by atoms with van der Waals surface area (Å²) < 4.78 is 27.7. The van der Waals surface area contributed by atoms with Crippen LogP contribution in [0.5, 0.6) is 0 Å². The molecule has 0 spiro atoms. The van der Waals surface area contributed by atoms with Gasteiger partial charge in [0.15, 0.2) is 9.84 Å². The predicted molar refractivity (Wildman–Crippen MR) is 43.3 cm³/mol. The average Bonchev–Trinajstić information content (AvgIpc) is 1.83. The van der Waals surface area contributed by atoms with Crippen LogP contribution >= 0.6 is 0 Å². The van der Waals surface area contributed by atoms with Gasteiger partial charge in [0.25, 0.3) is 0 Å². The summed E-state index contributed by atoms with van der Waals surface area (Å²) in [5.74, 6) is 0.386. The molecule has 0 bridgehead atoms. The van der Waals surface area contributed by atoms with E-state index < -0.39 is 9.84 Å². The van der Waals surface area contributed by atoms with Gasteiger partial charge >= 0.3 is 0 Å². The number of hydrogen-bond acceptors (Lipinski definition) is 3. The molecule has 1 rings (SSSR count). The Kier molecular flexibility index (Phi) is 2.54. The maximum Gasteiger partial charge on any atom is 0.155 e. The first-order valence-electron chi connectivity index (χ1n) is 3.89. The van der Waals surface area contributed by atoms with Crippen LogP contribution in [0.4, 0.5) is 0 Å². The molecule has 0 N–H and O–H groups in total. The fraction of sp³-hybridized carbons (Fsp3) is 1.00. The van der Waals surface area contributed by atoms with Gasteiger partial charge in [-0.3, -0.25) is 0 Å². The second kappa shape index (κ2) is 3.11. The molecule has 0 radical (unpaired) electrons. The van der Waals surface area contributed by atoms with E-state index in [4.69, 9.17) is 4.74 Å². The molecule has 1 fully saturated rings. The fourth-order valence-corrected chi connectivity index (χ4v) is 3.14. The third-order valence-corrected chi connectivity index (χ3v) is 3.67. The first kappa shape index (κ1) is 9.00. The van der Waals surface area contributed by atoms with E-state index in [1.165, 1.54) is 0 Å². The molecule has 1 heterocycles. The van der Waals surface area contributed by atoms with Crippen LogP contribution in [0.1, 0.15) is 20.3 Å². The number of ether oxygens (including phenoxy) is 1. The van der Waals surface area contributed by atoms with Gasteiger partial charge in [0.2, 0.25) is 0 Å². The van der Waals surface area contributed by atoms with Crippen LogP contribution in [-0.2, 0) is 14.6 Å². The van der Waals surface area contributed by atoms with E-state index in [-0.39, 0.29) is 23.7 Å². The van der Waals surface area contributed by atoms with Crippen molar-refractivity contribution in [3.8, 4) is 0 Å². The summed E-state index contributed by atoms with van der Waals surface area (Å²) in [6.45, 7) is 3.75. The van der Waals surface area contributed by atoms with Gasteiger partial charge in [-0.2, -0.15) is 0 Å². The number of rotatable bonds is 1. The molecular weight excluding hydrogens is 164 g/mol. The Balaban J connectivity index is 2.66. The average molecular weight is 178 g/mol. The van der Waals surface area contributed by atoms with E-state index >= 15 is 0 Å². The molecule has 66 valence electrons. The van der Waals surface area contributed by atoms with E-state index in [2.05, 4.69) is 0 Å². The lowest BCUT2D eigenvalue weighted by Gasteiger charge is -2.26. The molecule has 1 saturated heterocycles. The highest BCUT2D eigenvalue weighted by molar-refractivity contribution is 7.91. The van der Waals surface area contributed by atoms with Crippen molar-refractivity contribution in [2.24, 2.45) is 0 Å². The van der Waals surface area contributed by atoms with Crippen molar-refractivity contribution in [2.75, 3.05) is 11.5 Å². The molecule has 0 aromatic heterocycles. The number of sulfone groups is 1. The van der Waals surface area contributed by atoms with Crippen molar-refractivity contribution >= 4 is 9.84 Å². The summed E-state index contributed by atoms with van der Waals surface area (Å²) in [6.07, 6.45) is 0.575. The van der Waals surface area contributed by atoms with Gasteiger partial charge in [0.05, 0.1) is 23.7 Å². The van der Waals surface area contributed by atoms with Crippen LogP contribution in [0.15, 0.2) is 0 Å². The van der Waals surface area contributed by atoms with Gasteiger partial charge in [-0.05, 0) is 13.3 Å². The summed E-state index contributed by atoms with van der Waals surface area (Å²) in [4.78, 5) is 0. The van der Waals surface area contributed by atoms with Gasteiger partial charge < -0.3 is 4.74 Å². The molecule has 0 aromatic carbocycles. The van der Waals surface area contributed by atoms with Crippen molar-refractivity contribution in [1.82, 2.24) is 0 Å². The van der Waals surface area contributed by atoms with Crippen molar-refractivity contribution < 1.29 is 13.2 Å². The van der Waals surface area contributed by atoms with Gasteiger partial charge in [-0.25, -0.2) is 8.42 Å². The van der Waals surface area contributed by atoms with Crippen molar-refractivity contribution in [3.05, 3.63) is 0 Å². The SMILES string of the molecule is CCC1CS(=O)(=O)CC(C)O1. The Morgan fingerprint density at radius 1 is 1.45 bits per heavy atom. The molecule has 0 aromatic rings. The Bertz CT molecular complexity index is 220. The topological polar surface area (TPSA) is 43.4 Å². The van der Waals surface area contributed by atoms with Gasteiger partial charge in [0, 0.05) is 0 Å². The molecule has 1 aliphatic rings. The molecule has 4 heteroatoms. The van der Waals surface area contributed by atoms with Crippen LogP contribution in [-0.4, -0.2) is 32.1 Å². The van der Waals surface area contributed by atoms with E-state index in [0.29, 0.717) is 0 Å². The van der Waals surface area contributed by atoms with Crippen LogP contribution in [0, 0.1) is 0 Å². The smallest absolute Gasteiger partial charge is 0.155 e. The monoisotopic (exact) mass is 178 g/mol. The van der Waals surface area contributed by atoms with Crippen LogP contribution in [0.2, 0.25) is 0 Å². The number of hydrogen-bond donors (Lipinski definition) is 0. The second-order valence-electron chi connectivity index (χ2n) is 3.05. The van der Waals surface area contributed by atoms with E-state index in [9.17, 15) is 8.42 Å². The van der Waals surface area contributed by atoms with Gasteiger partial charge in [-0.1, -0.05) is 6.92 Å². The highest BCUT2D eigenvalue weighted by atomic mass is 32.2. The van der Waals surface area contributed by atoms with Gasteiger partial charge in [0.1, 0.15) is 0 Å². The third-order valence-electron chi connectivity index (χ3n) is 1.81. The second-order valence-corrected chi connectivity index (χ2v) is 5.21. The fourth-order valence-electron chi connectivity index (χ4n) is 1.33. The molecule has 2 unspecified atom stereocenters. The van der Waals surface area contributed by atoms with E-state index in [0.717, 1.165) is 6.42 Å². The Morgan fingerprint density at radius 2 is 2.09 bits per heavy atom. The van der Waals surface area contributed by atoms with Crippen molar-refractivity contribution in [2.45, 2.75) is 32.5 Å². The van der Waals surface area contributed by atoms with Crippen molar-refractivity contribution in [1.29, 1.82) is 0 Å². The predicted octanol–water partition coefficient (Wildman–Crippen LogP) is 0.599. The van der Waals surface area contributed by atoms with Crippen LogP contribution < -0.4 is 0 Å². The summed E-state index contributed by atoms with van der Waals surface area (Å²) in [5.41, 5.74) is 0. The first-order chi connectivity index (χ1) is 5.03. The minimum absolute atomic E-state index is 0.0799. The third kappa shape index (κ3) is 2.45. The largest absolute Gasteiger partial charge is 0.373 e. The minimum Gasteiger partial charge on any atom is -0.373 e. The summed E-state index contributed by atoms with van der Waals surface area (Å²) in [5, 5.41) is 0. The highest BCUT2D eigenvalue weighted by Gasteiger charge is 2.28. The first-order valence-corrected chi connectivity index (χ1v) is 5.71. The molecule has 0 saturated carbocycles. The van der Waals surface area contributed by atoms with E-state index in [1.807, 2.05) is 6.92 Å². The maximum absolute atomic E-state index is 11.2. The zero-order valence-corrected chi connectivity index (χ0v) is 7.73. The van der Waals surface area contributed by atoms with Crippen LogP contribution in [0.3, 0.4) is 0 Å². The lowest BCUT2D eigenvalue weighted by molar-refractivity contribution is 0.0130. The molecule has 2 atom stereocenters. The summed E-state index contributed by atoms with van der Waals surface area (Å²) >= 11 is 0. The molecule has 3 nitrogen and oxygen atoms in total. The lowest BCUT2D eigenvalue weighted by atomic mass is 10.3.